The summed E-state index contributed by atoms with van der Waals surface area (Å²) >= 11 is 0. The molecule has 3 nitrogen and oxygen atoms in total. The van der Waals surface area contributed by atoms with Gasteiger partial charge in [-0.2, -0.15) is 0 Å². The molecule has 0 fully saturated rings. The highest BCUT2D eigenvalue weighted by molar-refractivity contribution is 5.93. The third-order valence-electron chi connectivity index (χ3n) is 2.68. The van der Waals surface area contributed by atoms with Crippen LogP contribution in [0, 0.1) is 0 Å². The van der Waals surface area contributed by atoms with Crippen LogP contribution in [0.25, 0.3) is 21.2 Å². The molecule has 0 bridgehead atoms. The van der Waals surface area contributed by atoms with Crippen molar-refractivity contribution >= 4 is 16.5 Å². The van der Waals surface area contributed by atoms with Crippen molar-refractivity contribution in [1.82, 2.24) is 0 Å². The van der Waals surface area contributed by atoms with Gasteiger partial charge in [-0.15, -0.1) is 0 Å². The van der Waals surface area contributed by atoms with Crippen molar-refractivity contribution < 1.29 is 0 Å². The molecule has 0 radical (unpaired) electrons. The van der Waals surface area contributed by atoms with Crippen LogP contribution in [0.1, 0.15) is 25.3 Å². The largest absolute Gasteiger partial charge is 0.0616 e. The number of hydrogen-bond donors (Lipinski definition) is 0. The second kappa shape index (κ2) is 4.25. The molecule has 0 aromatic heterocycles. The number of rotatable bonds is 2. The smallest absolute Gasteiger partial charge is 0.0456 e. The van der Waals surface area contributed by atoms with E-state index in [1.54, 1.807) is 0 Å². The maximum absolute atomic E-state index is 8.57. The molecule has 0 heterocycles. The van der Waals surface area contributed by atoms with Crippen LogP contribution in [0.3, 0.4) is 0 Å². The molecule has 0 saturated carbocycles. The molecule has 2 aromatic rings. The Balaban J connectivity index is 2.78. The minimum Gasteiger partial charge on any atom is -0.0616 e. The summed E-state index contributed by atoms with van der Waals surface area (Å²) in [5.41, 5.74) is 10.5. The first-order valence-corrected chi connectivity index (χ1v) is 5.30. The molecule has 80 valence electrons. The van der Waals surface area contributed by atoms with Gasteiger partial charge in [-0.3, -0.25) is 0 Å². The first kappa shape index (κ1) is 10.5. The lowest BCUT2D eigenvalue weighted by Crippen LogP contribution is -1.87. The number of benzene rings is 2. The van der Waals surface area contributed by atoms with Crippen LogP contribution in [0.5, 0.6) is 0 Å². The maximum Gasteiger partial charge on any atom is 0.0456 e. The molecular formula is C13H13N3. The normalized spacial score (nSPS) is 10.4. The van der Waals surface area contributed by atoms with Crippen LogP contribution in [-0.2, 0) is 0 Å². The predicted molar refractivity (Wildman–Crippen MR) is 66.8 cm³/mol. The van der Waals surface area contributed by atoms with E-state index >= 15 is 0 Å². The molecule has 2 aromatic carbocycles. The van der Waals surface area contributed by atoms with Crippen LogP contribution in [0.4, 0.5) is 5.69 Å². The summed E-state index contributed by atoms with van der Waals surface area (Å²) in [4.78, 5) is 2.88. The molecular weight excluding hydrogens is 198 g/mol. The minimum absolute atomic E-state index is 0.428. The van der Waals surface area contributed by atoms with Gasteiger partial charge >= 0.3 is 0 Å². The van der Waals surface area contributed by atoms with Gasteiger partial charge in [-0.1, -0.05) is 49.3 Å². The summed E-state index contributed by atoms with van der Waals surface area (Å²) in [5.74, 6) is 0.428. The molecule has 0 atom stereocenters. The SMILES string of the molecule is CC(C)c1cc(N=[N+]=[N-])c2ccccc2c1. The minimum atomic E-state index is 0.428. The van der Waals surface area contributed by atoms with Gasteiger partial charge in [0.05, 0.1) is 0 Å². The van der Waals surface area contributed by atoms with Gasteiger partial charge in [0.2, 0.25) is 0 Å². The molecule has 0 N–H and O–H groups in total. The van der Waals surface area contributed by atoms with Crippen LogP contribution >= 0.6 is 0 Å². The molecule has 0 aliphatic heterocycles. The van der Waals surface area contributed by atoms with Crippen LogP contribution in [-0.4, -0.2) is 0 Å². The van der Waals surface area contributed by atoms with E-state index in [1.165, 1.54) is 5.56 Å². The standard InChI is InChI=1S/C13H13N3/c1-9(2)11-7-10-5-3-4-6-12(10)13(8-11)15-16-14/h3-9H,1-2H3. The monoisotopic (exact) mass is 211 g/mol. The van der Waals surface area contributed by atoms with E-state index in [4.69, 9.17) is 5.53 Å². The summed E-state index contributed by atoms with van der Waals surface area (Å²) in [6.45, 7) is 4.26. The number of azide groups is 1. The van der Waals surface area contributed by atoms with E-state index < -0.39 is 0 Å². The Bertz CT molecular complexity index is 566. The number of fused-ring (bicyclic) bond motifs is 1. The molecule has 2 rings (SSSR count). The van der Waals surface area contributed by atoms with Crippen molar-refractivity contribution in [2.75, 3.05) is 0 Å². The van der Waals surface area contributed by atoms with Crippen molar-refractivity contribution in [2.45, 2.75) is 19.8 Å². The fraction of sp³-hybridized carbons (Fsp3) is 0.231. The molecule has 0 spiro atoms. The van der Waals surface area contributed by atoms with Crippen LogP contribution in [0.2, 0.25) is 0 Å². The van der Waals surface area contributed by atoms with E-state index in [-0.39, 0.29) is 0 Å². The van der Waals surface area contributed by atoms with Gasteiger partial charge in [0.1, 0.15) is 0 Å². The molecule has 16 heavy (non-hydrogen) atoms. The molecule has 0 saturated heterocycles. The predicted octanol–water partition coefficient (Wildman–Crippen LogP) is 4.91. The van der Waals surface area contributed by atoms with Crippen molar-refractivity contribution in [2.24, 2.45) is 5.11 Å². The second-order valence-electron chi connectivity index (χ2n) is 4.11. The summed E-state index contributed by atoms with van der Waals surface area (Å²) < 4.78 is 0. The topological polar surface area (TPSA) is 48.8 Å². The maximum atomic E-state index is 8.57. The zero-order chi connectivity index (χ0) is 11.5. The van der Waals surface area contributed by atoms with Crippen molar-refractivity contribution in [1.29, 1.82) is 0 Å². The third-order valence-corrected chi connectivity index (χ3v) is 2.68. The highest BCUT2D eigenvalue weighted by Gasteiger charge is 2.04. The van der Waals surface area contributed by atoms with Gasteiger partial charge in [0.25, 0.3) is 0 Å². The summed E-state index contributed by atoms with van der Waals surface area (Å²) in [6.07, 6.45) is 0. The Morgan fingerprint density at radius 1 is 1.19 bits per heavy atom. The van der Waals surface area contributed by atoms with Gasteiger partial charge < -0.3 is 0 Å². The van der Waals surface area contributed by atoms with Gasteiger partial charge in [0, 0.05) is 10.6 Å². The van der Waals surface area contributed by atoms with Crippen molar-refractivity contribution in [3.05, 3.63) is 52.4 Å². The Labute approximate surface area is 94.3 Å². The summed E-state index contributed by atoms with van der Waals surface area (Å²) in [5, 5.41) is 5.88. The number of hydrogen-bond acceptors (Lipinski definition) is 1. The third kappa shape index (κ3) is 1.86. The quantitative estimate of drug-likeness (QED) is 0.385. The number of nitrogens with zero attached hydrogens (tertiary/aromatic N) is 3. The van der Waals surface area contributed by atoms with Crippen molar-refractivity contribution in [3.8, 4) is 0 Å². The molecule has 0 unspecified atom stereocenters. The van der Waals surface area contributed by atoms with E-state index in [0.717, 1.165) is 10.8 Å². The first-order chi connectivity index (χ1) is 7.72. The van der Waals surface area contributed by atoms with Crippen LogP contribution < -0.4 is 0 Å². The van der Waals surface area contributed by atoms with Crippen molar-refractivity contribution in [3.63, 3.8) is 0 Å². The lowest BCUT2D eigenvalue weighted by atomic mass is 9.98. The highest BCUT2D eigenvalue weighted by atomic mass is 15.1. The average Bonchev–Trinajstić information content (AvgIpc) is 2.29. The van der Waals surface area contributed by atoms with E-state index in [1.807, 2.05) is 30.3 Å². The fourth-order valence-corrected chi connectivity index (χ4v) is 1.78. The summed E-state index contributed by atoms with van der Waals surface area (Å²) in [6, 6.07) is 12.1. The lowest BCUT2D eigenvalue weighted by molar-refractivity contribution is 0.869. The van der Waals surface area contributed by atoms with E-state index in [9.17, 15) is 0 Å². The first-order valence-electron chi connectivity index (χ1n) is 5.30. The Kier molecular flexibility index (Phi) is 2.80. The second-order valence-corrected chi connectivity index (χ2v) is 4.11. The lowest BCUT2D eigenvalue weighted by Gasteiger charge is -2.09. The Morgan fingerprint density at radius 2 is 1.94 bits per heavy atom. The molecule has 0 aliphatic carbocycles. The zero-order valence-corrected chi connectivity index (χ0v) is 9.38. The van der Waals surface area contributed by atoms with E-state index in [2.05, 4.69) is 29.9 Å². The zero-order valence-electron chi connectivity index (χ0n) is 9.38. The van der Waals surface area contributed by atoms with Gasteiger partial charge in [-0.05, 0) is 33.9 Å². The van der Waals surface area contributed by atoms with Crippen LogP contribution in [0.15, 0.2) is 41.5 Å². The fourth-order valence-electron chi connectivity index (χ4n) is 1.78. The molecule has 0 aliphatic rings. The van der Waals surface area contributed by atoms with Gasteiger partial charge in [-0.25, -0.2) is 0 Å². The van der Waals surface area contributed by atoms with Gasteiger partial charge in [0.15, 0.2) is 0 Å². The average molecular weight is 211 g/mol. The Morgan fingerprint density at radius 3 is 2.62 bits per heavy atom. The Hall–Kier alpha value is -1.99. The van der Waals surface area contributed by atoms with E-state index in [0.29, 0.717) is 11.6 Å². The summed E-state index contributed by atoms with van der Waals surface area (Å²) in [7, 11) is 0. The molecule has 0 amide bonds. The molecule has 3 heteroatoms. The highest BCUT2D eigenvalue weighted by Crippen LogP contribution is 2.30.